The number of carbonyl (C=O) groups excluding carboxylic acids is 1. The Kier molecular flexibility index (Phi) is 3.76. The molecular formula is C20H25N4O+. The van der Waals surface area contributed by atoms with Crippen molar-refractivity contribution >= 4 is 22.8 Å². The smallest absolute Gasteiger partial charge is 0.279 e. The van der Waals surface area contributed by atoms with E-state index in [0.29, 0.717) is 11.0 Å². The number of fused-ring (bicyclic) bond motifs is 1. The number of aromatic nitrogens is 2. The molecule has 1 N–H and O–H groups in total. The molecule has 130 valence electrons. The highest BCUT2D eigenvalue weighted by Crippen LogP contribution is 2.32. The van der Waals surface area contributed by atoms with Crippen LogP contribution in [0.4, 0.5) is 5.82 Å². The predicted octanol–water partition coefficient (Wildman–Crippen LogP) is 3.56. The van der Waals surface area contributed by atoms with E-state index >= 15 is 0 Å². The second-order valence-electron chi connectivity index (χ2n) is 7.95. The Balaban J connectivity index is 1.62. The molecule has 0 aromatic carbocycles. The fourth-order valence-electron chi connectivity index (χ4n) is 3.93. The van der Waals surface area contributed by atoms with E-state index in [-0.39, 0.29) is 11.3 Å². The van der Waals surface area contributed by atoms with Gasteiger partial charge in [0.05, 0.1) is 0 Å². The van der Waals surface area contributed by atoms with E-state index in [9.17, 15) is 4.79 Å². The number of nitrogens with zero attached hydrogens (tertiary/aromatic N) is 3. The van der Waals surface area contributed by atoms with Crippen LogP contribution in [0.1, 0.15) is 26.7 Å². The average Bonchev–Trinajstić information content (AvgIpc) is 3.21. The molecule has 2 aromatic heterocycles. The fourth-order valence-corrected chi connectivity index (χ4v) is 3.93. The third kappa shape index (κ3) is 3.00. The number of hydrogen-bond donors (Lipinski definition) is 1. The minimum atomic E-state index is 0.204. The van der Waals surface area contributed by atoms with Crippen molar-refractivity contribution in [2.45, 2.75) is 26.7 Å². The van der Waals surface area contributed by atoms with Crippen LogP contribution in [0.3, 0.4) is 0 Å². The summed E-state index contributed by atoms with van der Waals surface area (Å²) >= 11 is 0. The van der Waals surface area contributed by atoms with Crippen LogP contribution in [0.25, 0.3) is 11.0 Å². The Morgan fingerprint density at radius 3 is 2.88 bits per heavy atom. The van der Waals surface area contributed by atoms with E-state index in [2.05, 4.69) is 42.3 Å². The Bertz CT molecular complexity index is 816. The second kappa shape index (κ2) is 5.85. The largest absolute Gasteiger partial charge is 0.337 e. The molecule has 5 heteroatoms. The summed E-state index contributed by atoms with van der Waals surface area (Å²) in [6.07, 6.45) is 12.2. The lowest BCUT2D eigenvalue weighted by Crippen LogP contribution is -2.51. The molecule has 5 nitrogen and oxygen atoms in total. The number of aromatic amines is 1. The van der Waals surface area contributed by atoms with Gasteiger partial charge >= 0.3 is 0 Å². The highest BCUT2D eigenvalue weighted by molar-refractivity contribution is 5.84. The number of rotatable bonds is 3. The highest BCUT2D eigenvalue weighted by atomic mass is 16.2. The maximum absolute atomic E-state index is 13.0. The summed E-state index contributed by atoms with van der Waals surface area (Å²) < 4.78 is 0.395. The molecule has 2 aromatic rings. The van der Waals surface area contributed by atoms with E-state index in [4.69, 9.17) is 0 Å². The molecule has 2 aliphatic heterocycles. The second-order valence-corrected chi connectivity index (χ2v) is 7.95. The van der Waals surface area contributed by atoms with Gasteiger partial charge in [-0.15, -0.1) is 0 Å². The van der Waals surface area contributed by atoms with Gasteiger partial charge in [-0.25, -0.2) is 9.47 Å². The minimum absolute atomic E-state index is 0.204. The quantitative estimate of drug-likeness (QED) is 0.871. The van der Waals surface area contributed by atoms with Crippen LogP contribution in [0.5, 0.6) is 0 Å². The lowest BCUT2D eigenvalue weighted by atomic mass is 9.84. The molecule has 0 spiro atoms. The van der Waals surface area contributed by atoms with Crippen molar-refractivity contribution in [2.24, 2.45) is 5.41 Å². The first kappa shape index (κ1) is 16.1. The number of allylic oxidation sites excluding steroid dienone is 2. The molecule has 4 rings (SSSR count). The topological polar surface area (TPSA) is 49.0 Å². The van der Waals surface area contributed by atoms with Crippen LogP contribution >= 0.6 is 0 Å². The van der Waals surface area contributed by atoms with E-state index in [1.54, 1.807) is 6.20 Å². The van der Waals surface area contributed by atoms with E-state index in [0.717, 1.165) is 36.4 Å². The molecular weight excluding hydrogens is 312 g/mol. The minimum Gasteiger partial charge on any atom is -0.337 e. The summed E-state index contributed by atoms with van der Waals surface area (Å²) in [5, 5.41) is 1.07. The Morgan fingerprint density at radius 2 is 2.16 bits per heavy atom. The van der Waals surface area contributed by atoms with Crippen molar-refractivity contribution in [1.82, 2.24) is 19.4 Å². The molecule has 0 unspecified atom stereocenters. The molecule has 25 heavy (non-hydrogen) atoms. The molecule has 1 amide bonds. The number of piperidine rings is 1. The number of nitrogens with one attached hydrogen (secondary N) is 1. The van der Waals surface area contributed by atoms with Crippen LogP contribution < -0.4 is 4.48 Å². The number of pyridine rings is 1. The van der Waals surface area contributed by atoms with Crippen LogP contribution in [0.15, 0.2) is 48.9 Å². The van der Waals surface area contributed by atoms with Gasteiger partial charge in [0.1, 0.15) is 18.0 Å². The first-order chi connectivity index (χ1) is 12.0. The summed E-state index contributed by atoms with van der Waals surface area (Å²) in [4.78, 5) is 22.9. The summed E-state index contributed by atoms with van der Waals surface area (Å²) in [6.45, 7) is 6.60. The lowest BCUT2D eigenvalue weighted by molar-refractivity contribution is -0.134. The Labute approximate surface area is 148 Å². The van der Waals surface area contributed by atoms with Crippen molar-refractivity contribution in [2.75, 3.05) is 19.6 Å². The number of likely N-dealkylation sites (tertiary alicyclic amines) is 1. The monoisotopic (exact) mass is 337 g/mol. The van der Waals surface area contributed by atoms with Crippen LogP contribution in [-0.4, -0.2) is 40.4 Å². The molecule has 1 fully saturated rings. The zero-order chi connectivity index (χ0) is 17.5. The number of hydrogen-bond acceptors (Lipinski definition) is 2. The summed E-state index contributed by atoms with van der Waals surface area (Å²) in [5.41, 5.74) is 1.07. The SMILES string of the molecule is CC1(C)CCCN(C(=O)C[N+]2(c3cc4cccnc4[nH]3)C=CC=C2)C1. The van der Waals surface area contributed by atoms with Crippen molar-refractivity contribution in [3.8, 4) is 0 Å². The normalized spacial score (nSPS) is 21.1. The maximum atomic E-state index is 13.0. The summed E-state index contributed by atoms with van der Waals surface area (Å²) in [5.74, 6) is 1.18. The summed E-state index contributed by atoms with van der Waals surface area (Å²) in [6, 6.07) is 6.06. The van der Waals surface area contributed by atoms with Crippen LogP contribution in [0, 0.1) is 5.41 Å². The molecule has 2 aliphatic rings. The lowest BCUT2D eigenvalue weighted by Gasteiger charge is -2.39. The third-order valence-corrected chi connectivity index (χ3v) is 5.29. The third-order valence-electron chi connectivity index (χ3n) is 5.29. The van der Waals surface area contributed by atoms with Crippen molar-refractivity contribution < 1.29 is 4.79 Å². The average molecular weight is 337 g/mol. The first-order valence-electron chi connectivity index (χ1n) is 8.94. The van der Waals surface area contributed by atoms with Crippen molar-refractivity contribution in [1.29, 1.82) is 0 Å². The molecule has 0 saturated carbocycles. The number of amides is 1. The van der Waals surface area contributed by atoms with Gasteiger partial charge in [-0.1, -0.05) is 13.8 Å². The molecule has 0 atom stereocenters. The molecule has 1 saturated heterocycles. The van der Waals surface area contributed by atoms with Gasteiger partial charge in [0.25, 0.3) is 5.91 Å². The van der Waals surface area contributed by atoms with Gasteiger partial charge in [0.15, 0.2) is 6.54 Å². The summed E-state index contributed by atoms with van der Waals surface area (Å²) in [7, 11) is 0. The number of H-pyrrole nitrogens is 1. The van der Waals surface area contributed by atoms with Gasteiger partial charge < -0.3 is 4.90 Å². The molecule has 0 aliphatic carbocycles. The maximum Gasteiger partial charge on any atom is 0.279 e. The zero-order valence-electron chi connectivity index (χ0n) is 14.9. The van der Waals surface area contributed by atoms with Crippen LogP contribution in [-0.2, 0) is 4.79 Å². The molecule has 4 heterocycles. The number of carbonyl (C=O) groups is 1. The van der Waals surface area contributed by atoms with Crippen LogP contribution in [0.2, 0.25) is 0 Å². The van der Waals surface area contributed by atoms with E-state index in [1.807, 2.05) is 29.2 Å². The predicted molar refractivity (Wildman–Crippen MR) is 101 cm³/mol. The van der Waals surface area contributed by atoms with Crippen molar-refractivity contribution in [3.05, 3.63) is 48.9 Å². The highest BCUT2D eigenvalue weighted by Gasteiger charge is 2.37. The van der Waals surface area contributed by atoms with Gasteiger partial charge in [-0.2, -0.15) is 0 Å². The molecule has 0 bridgehead atoms. The van der Waals surface area contributed by atoms with Gasteiger partial charge in [0, 0.05) is 30.7 Å². The first-order valence-corrected chi connectivity index (χ1v) is 8.94. The van der Waals surface area contributed by atoms with Gasteiger partial charge in [-0.05, 0) is 42.5 Å². The van der Waals surface area contributed by atoms with Gasteiger partial charge in [-0.3, -0.25) is 9.78 Å². The van der Waals surface area contributed by atoms with Crippen molar-refractivity contribution in [3.63, 3.8) is 0 Å². The van der Waals surface area contributed by atoms with E-state index in [1.165, 1.54) is 6.42 Å². The standard InChI is InChI=1S/C20H25N4O/c1-20(2)8-6-10-23(15-20)18(25)14-24(11-3-4-12-24)17-13-16-7-5-9-21-19(16)22-17/h3-5,7,9,11-13H,6,8,10,14-15H2,1-2H3,(H,21,22)/q+1. The Hall–Kier alpha value is -2.40. The Morgan fingerprint density at radius 1 is 1.36 bits per heavy atom. The van der Waals surface area contributed by atoms with Gasteiger partial charge in [0.2, 0.25) is 5.82 Å². The number of quaternary nitrogens is 1. The van der Waals surface area contributed by atoms with E-state index < -0.39 is 0 Å². The fraction of sp³-hybridized carbons (Fsp3) is 0.400. The zero-order valence-corrected chi connectivity index (χ0v) is 14.9. The molecule has 0 radical (unpaired) electrons.